The Morgan fingerprint density at radius 3 is 2.52 bits per heavy atom. The average Bonchev–Trinajstić information content (AvgIpc) is 2.86. The number of aromatic nitrogens is 3. The standard InChI is InChI=1S/C26H35N5O2/c1-17(19(3)20(4)22-8-6-7-9-24(22)33-5)14-28-25-13-23(29-16-30-25)21-10-11-27-26(12-21)31-18(2)15-32/h6-13,16-20,32H,14-15H2,1-5H3,(H,27,31)(H,28,29,30)/t17?,18-,19+,20?/m0/s1. The molecule has 0 saturated heterocycles. The van der Waals surface area contributed by atoms with Crippen molar-refractivity contribution in [1.29, 1.82) is 0 Å². The highest BCUT2D eigenvalue weighted by Crippen LogP contribution is 2.35. The third-order valence-corrected chi connectivity index (χ3v) is 6.31. The Morgan fingerprint density at radius 2 is 1.76 bits per heavy atom. The first-order valence-electron chi connectivity index (χ1n) is 11.5. The number of hydrogen-bond donors (Lipinski definition) is 3. The van der Waals surface area contributed by atoms with Gasteiger partial charge < -0.3 is 20.5 Å². The third-order valence-electron chi connectivity index (χ3n) is 6.31. The van der Waals surface area contributed by atoms with Crippen molar-refractivity contribution in [2.24, 2.45) is 11.8 Å². The van der Waals surface area contributed by atoms with Crippen molar-refractivity contribution in [1.82, 2.24) is 15.0 Å². The minimum absolute atomic E-state index is 0.0414. The molecule has 0 aliphatic carbocycles. The summed E-state index contributed by atoms with van der Waals surface area (Å²) >= 11 is 0. The van der Waals surface area contributed by atoms with Gasteiger partial charge in [0.05, 0.1) is 19.4 Å². The first kappa shape index (κ1) is 24.5. The number of anilines is 2. The summed E-state index contributed by atoms with van der Waals surface area (Å²) in [4.78, 5) is 13.2. The number of para-hydroxylation sites is 1. The zero-order valence-corrected chi connectivity index (χ0v) is 20.1. The van der Waals surface area contributed by atoms with Crippen LogP contribution in [0.15, 0.2) is 55.0 Å². The van der Waals surface area contributed by atoms with Crippen LogP contribution in [-0.4, -0.2) is 46.4 Å². The van der Waals surface area contributed by atoms with Crippen LogP contribution in [0.3, 0.4) is 0 Å². The fourth-order valence-electron chi connectivity index (χ4n) is 3.85. The maximum Gasteiger partial charge on any atom is 0.129 e. The largest absolute Gasteiger partial charge is 0.496 e. The lowest BCUT2D eigenvalue weighted by Gasteiger charge is -2.28. The number of rotatable bonds is 11. The summed E-state index contributed by atoms with van der Waals surface area (Å²) in [5.41, 5.74) is 2.99. The number of aliphatic hydroxyl groups excluding tert-OH is 1. The van der Waals surface area contributed by atoms with Gasteiger partial charge in [-0.2, -0.15) is 0 Å². The quantitative estimate of drug-likeness (QED) is 0.386. The zero-order valence-electron chi connectivity index (χ0n) is 20.1. The molecule has 0 aliphatic heterocycles. The van der Waals surface area contributed by atoms with E-state index in [0.29, 0.717) is 23.6 Å². The highest BCUT2D eigenvalue weighted by Gasteiger charge is 2.23. The minimum Gasteiger partial charge on any atom is -0.496 e. The number of hydrogen-bond acceptors (Lipinski definition) is 7. The van der Waals surface area contributed by atoms with Crippen molar-refractivity contribution in [3.63, 3.8) is 0 Å². The van der Waals surface area contributed by atoms with E-state index in [0.717, 1.165) is 29.4 Å². The predicted octanol–water partition coefficient (Wildman–Crippen LogP) is 4.83. The molecule has 0 saturated carbocycles. The SMILES string of the molecule is COc1ccccc1C(C)[C@H](C)C(C)CNc1cc(-c2ccnc(N[C@@H](C)CO)c2)ncn1. The van der Waals surface area contributed by atoms with Gasteiger partial charge in [0.2, 0.25) is 0 Å². The summed E-state index contributed by atoms with van der Waals surface area (Å²) in [6.07, 6.45) is 3.31. The Hall–Kier alpha value is -3.19. The molecular weight excluding hydrogens is 414 g/mol. The van der Waals surface area contributed by atoms with E-state index in [9.17, 15) is 5.11 Å². The van der Waals surface area contributed by atoms with Gasteiger partial charge in [0.1, 0.15) is 23.7 Å². The van der Waals surface area contributed by atoms with Gasteiger partial charge in [-0.25, -0.2) is 15.0 Å². The van der Waals surface area contributed by atoms with E-state index in [4.69, 9.17) is 4.74 Å². The van der Waals surface area contributed by atoms with E-state index >= 15 is 0 Å². The van der Waals surface area contributed by atoms with Crippen molar-refractivity contribution in [2.75, 3.05) is 30.9 Å². The topological polar surface area (TPSA) is 92.2 Å². The number of nitrogens with one attached hydrogen (secondary N) is 2. The summed E-state index contributed by atoms with van der Waals surface area (Å²) in [7, 11) is 1.73. The Morgan fingerprint density at radius 1 is 0.970 bits per heavy atom. The summed E-state index contributed by atoms with van der Waals surface area (Å²) < 4.78 is 5.56. The van der Waals surface area contributed by atoms with Gasteiger partial charge in [-0.05, 0) is 48.4 Å². The second kappa shape index (κ2) is 11.6. The molecule has 4 atom stereocenters. The molecule has 0 fully saturated rings. The lowest BCUT2D eigenvalue weighted by atomic mass is 9.80. The van der Waals surface area contributed by atoms with E-state index in [2.05, 4.69) is 58.5 Å². The van der Waals surface area contributed by atoms with Crippen molar-refractivity contribution in [3.05, 3.63) is 60.6 Å². The molecule has 2 heterocycles. The summed E-state index contributed by atoms with van der Waals surface area (Å²) in [6, 6.07) is 14.0. The maximum atomic E-state index is 9.26. The minimum atomic E-state index is -0.0721. The first-order chi connectivity index (χ1) is 15.9. The molecule has 0 spiro atoms. The molecule has 176 valence electrons. The molecular formula is C26H35N5O2. The van der Waals surface area contributed by atoms with E-state index < -0.39 is 0 Å². The van der Waals surface area contributed by atoms with Crippen LogP contribution in [0.4, 0.5) is 11.6 Å². The normalized spacial score (nSPS) is 14.7. The third kappa shape index (κ3) is 6.42. The van der Waals surface area contributed by atoms with E-state index in [1.54, 1.807) is 19.6 Å². The molecule has 3 N–H and O–H groups in total. The second-order valence-corrected chi connectivity index (χ2v) is 8.69. The Balaban J connectivity index is 1.65. The Bertz CT molecular complexity index is 1030. The van der Waals surface area contributed by atoms with Crippen LogP contribution in [0.5, 0.6) is 5.75 Å². The fourth-order valence-corrected chi connectivity index (χ4v) is 3.85. The van der Waals surface area contributed by atoms with Crippen LogP contribution in [0, 0.1) is 11.8 Å². The van der Waals surface area contributed by atoms with Crippen LogP contribution >= 0.6 is 0 Å². The van der Waals surface area contributed by atoms with Gasteiger partial charge >= 0.3 is 0 Å². The highest BCUT2D eigenvalue weighted by molar-refractivity contribution is 5.65. The van der Waals surface area contributed by atoms with Gasteiger partial charge in [-0.3, -0.25) is 0 Å². The number of benzene rings is 1. The Labute approximate surface area is 196 Å². The van der Waals surface area contributed by atoms with Crippen LogP contribution in [0.25, 0.3) is 11.3 Å². The van der Waals surface area contributed by atoms with Crippen molar-refractivity contribution < 1.29 is 9.84 Å². The lowest BCUT2D eigenvalue weighted by molar-refractivity contribution is 0.281. The van der Waals surface area contributed by atoms with Gasteiger partial charge in [0, 0.05) is 30.4 Å². The molecule has 0 amide bonds. The number of ether oxygens (including phenoxy) is 1. The highest BCUT2D eigenvalue weighted by atomic mass is 16.5. The molecule has 3 rings (SSSR count). The van der Waals surface area contributed by atoms with E-state index in [1.807, 2.05) is 37.3 Å². The predicted molar refractivity (Wildman–Crippen MR) is 134 cm³/mol. The molecule has 33 heavy (non-hydrogen) atoms. The second-order valence-electron chi connectivity index (χ2n) is 8.69. The van der Waals surface area contributed by atoms with Crippen molar-refractivity contribution in [3.8, 4) is 17.0 Å². The maximum absolute atomic E-state index is 9.26. The molecule has 7 heteroatoms. The summed E-state index contributed by atoms with van der Waals surface area (Å²) in [5, 5.41) is 15.9. The van der Waals surface area contributed by atoms with Crippen molar-refractivity contribution in [2.45, 2.75) is 39.7 Å². The molecule has 2 aromatic heterocycles. The fraction of sp³-hybridized carbons (Fsp3) is 0.423. The molecule has 0 radical (unpaired) electrons. The van der Waals surface area contributed by atoms with Crippen LogP contribution < -0.4 is 15.4 Å². The number of aliphatic hydroxyl groups is 1. The van der Waals surface area contributed by atoms with Crippen LogP contribution in [0.1, 0.15) is 39.2 Å². The smallest absolute Gasteiger partial charge is 0.129 e. The van der Waals surface area contributed by atoms with Crippen molar-refractivity contribution >= 4 is 11.6 Å². The molecule has 0 aliphatic rings. The number of nitrogens with zero attached hydrogens (tertiary/aromatic N) is 3. The molecule has 7 nitrogen and oxygen atoms in total. The van der Waals surface area contributed by atoms with Crippen LogP contribution in [-0.2, 0) is 0 Å². The van der Waals surface area contributed by atoms with Crippen LogP contribution in [0.2, 0.25) is 0 Å². The molecule has 1 aromatic carbocycles. The van der Waals surface area contributed by atoms with Gasteiger partial charge in [0.25, 0.3) is 0 Å². The Kier molecular flexibility index (Phi) is 8.60. The summed E-state index contributed by atoms with van der Waals surface area (Å²) in [5.74, 6) is 3.66. The zero-order chi connectivity index (χ0) is 23.8. The van der Waals surface area contributed by atoms with Gasteiger partial charge in [-0.1, -0.05) is 39.0 Å². The van der Waals surface area contributed by atoms with E-state index in [-0.39, 0.29) is 12.6 Å². The average molecular weight is 450 g/mol. The van der Waals surface area contributed by atoms with E-state index in [1.165, 1.54) is 5.56 Å². The number of pyridine rings is 1. The summed E-state index contributed by atoms with van der Waals surface area (Å²) in [6.45, 7) is 9.54. The molecule has 2 unspecified atom stereocenters. The van der Waals surface area contributed by atoms with Gasteiger partial charge in [-0.15, -0.1) is 0 Å². The monoisotopic (exact) mass is 449 g/mol. The first-order valence-corrected chi connectivity index (χ1v) is 11.5. The lowest BCUT2D eigenvalue weighted by Crippen LogP contribution is -2.23. The number of methoxy groups -OCH3 is 1. The molecule has 3 aromatic rings. The van der Waals surface area contributed by atoms with Gasteiger partial charge in [0.15, 0.2) is 0 Å². The molecule has 0 bridgehead atoms.